The molecule has 0 saturated carbocycles. The van der Waals surface area contributed by atoms with E-state index in [1.807, 2.05) is 30.3 Å². The van der Waals surface area contributed by atoms with E-state index >= 15 is 0 Å². The SMILES string of the molecule is COc1ccc(Br)cc1COc1ccc(CCN)nc1. The van der Waals surface area contributed by atoms with Crippen molar-refractivity contribution < 1.29 is 9.47 Å². The number of pyridine rings is 1. The maximum Gasteiger partial charge on any atom is 0.138 e. The summed E-state index contributed by atoms with van der Waals surface area (Å²) in [4.78, 5) is 4.30. The number of nitrogens with zero attached hydrogens (tertiary/aromatic N) is 1. The van der Waals surface area contributed by atoms with Crippen LogP contribution in [0.15, 0.2) is 41.0 Å². The molecular weight excluding hydrogens is 320 g/mol. The number of hydrogen-bond acceptors (Lipinski definition) is 4. The first-order valence-corrected chi connectivity index (χ1v) is 7.12. The Labute approximate surface area is 127 Å². The number of rotatable bonds is 6. The Morgan fingerprint density at radius 1 is 1.25 bits per heavy atom. The maximum absolute atomic E-state index is 5.73. The fourth-order valence-corrected chi connectivity index (χ4v) is 2.22. The third-order valence-electron chi connectivity index (χ3n) is 2.83. The van der Waals surface area contributed by atoms with Crippen LogP contribution in [0.1, 0.15) is 11.3 Å². The predicted octanol–water partition coefficient (Wildman–Crippen LogP) is 2.93. The van der Waals surface area contributed by atoms with Crippen molar-refractivity contribution in [3.63, 3.8) is 0 Å². The number of ether oxygens (including phenoxy) is 2. The average Bonchev–Trinajstić information content (AvgIpc) is 2.47. The summed E-state index contributed by atoms with van der Waals surface area (Å²) >= 11 is 3.44. The van der Waals surface area contributed by atoms with E-state index in [1.165, 1.54) is 0 Å². The van der Waals surface area contributed by atoms with Crippen LogP contribution in [-0.2, 0) is 13.0 Å². The number of aromatic nitrogens is 1. The lowest BCUT2D eigenvalue weighted by Crippen LogP contribution is -2.04. The van der Waals surface area contributed by atoms with Gasteiger partial charge < -0.3 is 15.2 Å². The van der Waals surface area contributed by atoms with Crippen molar-refractivity contribution in [2.24, 2.45) is 5.73 Å². The molecule has 2 N–H and O–H groups in total. The second-order valence-electron chi connectivity index (χ2n) is 4.27. The standard InChI is InChI=1S/C15H17BrN2O2/c1-19-15-5-2-12(16)8-11(15)10-20-14-4-3-13(6-7-17)18-9-14/h2-5,8-9H,6-7,10,17H2,1H3. The number of hydrogen-bond donors (Lipinski definition) is 1. The first kappa shape index (κ1) is 14.8. The third-order valence-corrected chi connectivity index (χ3v) is 3.33. The van der Waals surface area contributed by atoms with Crippen LogP contribution >= 0.6 is 15.9 Å². The van der Waals surface area contributed by atoms with E-state index in [0.29, 0.717) is 13.2 Å². The zero-order valence-corrected chi connectivity index (χ0v) is 12.9. The molecule has 0 spiro atoms. The summed E-state index contributed by atoms with van der Waals surface area (Å²) in [6.07, 6.45) is 2.50. The van der Waals surface area contributed by atoms with Gasteiger partial charge in [-0.1, -0.05) is 15.9 Å². The predicted molar refractivity (Wildman–Crippen MR) is 82.0 cm³/mol. The number of nitrogens with two attached hydrogens (primary N) is 1. The van der Waals surface area contributed by atoms with Gasteiger partial charge >= 0.3 is 0 Å². The van der Waals surface area contributed by atoms with E-state index in [4.69, 9.17) is 15.2 Å². The lowest BCUT2D eigenvalue weighted by atomic mass is 10.2. The average molecular weight is 337 g/mol. The van der Waals surface area contributed by atoms with Gasteiger partial charge in [0.25, 0.3) is 0 Å². The second-order valence-corrected chi connectivity index (χ2v) is 5.18. The Bertz CT molecular complexity index is 558. The summed E-state index contributed by atoms with van der Waals surface area (Å²) in [6, 6.07) is 9.66. The van der Waals surface area contributed by atoms with Gasteiger partial charge in [-0.05, 0) is 36.9 Å². The summed E-state index contributed by atoms with van der Waals surface area (Å²) in [5, 5.41) is 0. The minimum atomic E-state index is 0.431. The minimum Gasteiger partial charge on any atom is -0.496 e. The monoisotopic (exact) mass is 336 g/mol. The lowest BCUT2D eigenvalue weighted by molar-refractivity contribution is 0.295. The molecule has 0 radical (unpaired) electrons. The van der Waals surface area contributed by atoms with Gasteiger partial charge in [-0.15, -0.1) is 0 Å². The third kappa shape index (κ3) is 3.95. The minimum absolute atomic E-state index is 0.431. The maximum atomic E-state index is 5.73. The highest BCUT2D eigenvalue weighted by Crippen LogP contribution is 2.24. The van der Waals surface area contributed by atoms with E-state index in [1.54, 1.807) is 13.3 Å². The van der Waals surface area contributed by atoms with Gasteiger partial charge in [-0.2, -0.15) is 0 Å². The quantitative estimate of drug-likeness (QED) is 0.881. The van der Waals surface area contributed by atoms with Gasteiger partial charge in [0.1, 0.15) is 18.1 Å². The van der Waals surface area contributed by atoms with E-state index in [0.717, 1.165) is 33.6 Å². The molecule has 1 heterocycles. The van der Waals surface area contributed by atoms with E-state index in [2.05, 4.69) is 20.9 Å². The van der Waals surface area contributed by atoms with Crippen LogP contribution < -0.4 is 15.2 Å². The zero-order valence-electron chi connectivity index (χ0n) is 11.3. The number of methoxy groups -OCH3 is 1. The van der Waals surface area contributed by atoms with Crippen LogP contribution in [0.3, 0.4) is 0 Å². The Kier molecular flexibility index (Phi) is 5.38. The molecule has 0 atom stereocenters. The molecule has 4 nitrogen and oxygen atoms in total. The first-order valence-electron chi connectivity index (χ1n) is 6.33. The second kappa shape index (κ2) is 7.26. The van der Waals surface area contributed by atoms with E-state index in [-0.39, 0.29) is 0 Å². The topological polar surface area (TPSA) is 57.4 Å². The highest BCUT2D eigenvalue weighted by molar-refractivity contribution is 9.10. The molecule has 5 heteroatoms. The summed E-state index contributed by atoms with van der Waals surface area (Å²) in [7, 11) is 1.65. The molecule has 0 aliphatic carbocycles. The molecule has 0 aliphatic heterocycles. The van der Waals surface area contributed by atoms with Crippen molar-refractivity contribution in [1.29, 1.82) is 0 Å². The first-order chi connectivity index (χ1) is 9.72. The normalized spacial score (nSPS) is 10.3. The van der Waals surface area contributed by atoms with Crippen LogP contribution in [0.4, 0.5) is 0 Å². The Morgan fingerprint density at radius 3 is 2.75 bits per heavy atom. The molecule has 0 saturated heterocycles. The van der Waals surface area contributed by atoms with Gasteiger partial charge in [0, 0.05) is 22.2 Å². The highest BCUT2D eigenvalue weighted by atomic mass is 79.9. The molecule has 106 valence electrons. The molecule has 0 aliphatic rings. The molecule has 1 aromatic carbocycles. The van der Waals surface area contributed by atoms with Crippen LogP contribution in [0, 0.1) is 0 Å². The van der Waals surface area contributed by atoms with Crippen LogP contribution in [-0.4, -0.2) is 18.6 Å². The van der Waals surface area contributed by atoms with Crippen molar-refractivity contribution in [3.05, 3.63) is 52.3 Å². The molecule has 1 aromatic heterocycles. The molecular formula is C15H17BrN2O2. The molecule has 2 aromatic rings. The molecule has 20 heavy (non-hydrogen) atoms. The van der Waals surface area contributed by atoms with Crippen molar-refractivity contribution in [2.45, 2.75) is 13.0 Å². The smallest absolute Gasteiger partial charge is 0.138 e. The highest BCUT2D eigenvalue weighted by Gasteiger charge is 2.05. The summed E-state index contributed by atoms with van der Waals surface area (Å²) < 4.78 is 12.0. The van der Waals surface area contributed by atoms with Crippen molar-refractivity contribution in [2.75, 3.05) is 13.7 Å². The van der Waals surface area contributed by atoms with E-state index < -0.39 is 0 Å². The summed E-state index contributed by atoms with van der Waals surface area (Å²) in [5.41, 5.74) is 7.44. The van der Waals surface area contributed by atoms with Gasteiger partial charge in [0.2, 0.25) is 0 Å². The van der Waals surface area contributed by atoms with Gasteiger partial charge in [0.05, 0.1) is 13.3 Å². The Balaban J connectivity index is 2.02. The van der Waals surface area contributed by atoms with Crippen LogP contribution in [0.25, 0.3) is 0 Å². The number of benzene rings is 1. The van der Waals surface area contributed by atoms with Gasteiger partial charge in [-0.3, -0.25) is 4.98 Å². The van der Waals surface area contributed by atoms with Gasteiger partial charge in [-0.25, -0.2) is 0 Å². The van der Waals surface area contributed by atoms with Crippen LogP contribution in [0.5, 0.6) is 11.5 Å². The fraction of sp³-hybridized carbons (Fsp3) is 0.267. The molecule has 0 unspecified atom stereocenters. The molecule has 0 fully saturated rings. The Morgan fingerprint density at radius 2 is 2.10 bits per heavy atom. The summed E-state index contributed by atoms with van der Waals surface area (Å²) in [6.45, 7) is 1.03. The van der Waals surface area contributed by atoms with Crippen molar-refractivity contribution >= 4 is 15.9 Å². The van der Waals surface area contributed by atoms with Crippen molar-refractivity contribution in [1.82, 2.24) is 4.98 Å². The van der Waals surface area contributed by atoms with Crippen molar-refractivity contribution in [3.8, 4) is 11.5 Å². The van der Waals surface area contributed by atoms with Gasteiger partial charge in [0.15, 0.2) is 0 Å². The lowest BCUT2D eigenvalue weighted by Gasteiger charge is -2.11. The van der Waals surface area contributed by atoms with Crippen LogP contribution in [0.2, 0.25) is 0 Å². The van der Waals surface area contributed by atoms with E-state index in [9.17, 15) is 0 Å². The zero-order chi connectivity index (χ0) is 14.4. The largest absolute Gasteiger partial charge is 0.496 e. The Hall–Kier alpha value is -1.59. The summed E-state index contributed by atoms with van der Waals surface area (Å²) in [5.74, 6) is 1.54. The number of halogens is 1. The molecule has 2 rings (SSSR count). The molecule has 0 bridgehead atoms. The molecule has 0 amide bonds. The fourth-order valence-electron chi connectivity index (χ4n) is 1.81.